The van der Waals surface area contributed by atoms with Crippen LogP contribution in [-0.4, -0.2) is 91.0 Å². The number of halogens is 2. The van der Waals surface area contributed by atoms with Crippen LogP contribution in [0.1, 0.15) is 31.7 Å². The molecule has 0 radical (unpaired) electrons. The molecule has 0 aliphatic carbocycles. The topological polar surface area (TPSA) is 91.8 Å². The van der Waals surface area contributed by atoms with E-state index in [4.69, 9.17) is 32.9 Å². The third-order valence-electron chi connectivity index (χ3n) is 7.78. The summed E-state index contributed by atoms with van der Waals surface area (Å²) in [5.74, 6) is 2.60. The molecule has 2 fully saturated rings. The van der Waals surface area contributed by atoms with E-state index in [1.54, 1.807) is 18.5 Å². The lowest BCUT2D eigenvalue weighted by Gasteiger charge is -2.34. The number of piperidine rings is 1. The minimum atomic E-state index is -2.92. The SMILES string of the molecule is CC1CCN(Cc2cc(Oc3cnc(N4CCN(CCCS(C)(=O)=O)CC4)nc3)nc(-c3cc(Cl)cc(Cl)c3)c2)CC1. The zero-order valence-corrected chi connectivity index (χ0v) is 26.5. The summed E-state index contributed by atoms with van der Waals surface area (Å²) < 4.78 is 29.0. The first-order chi connectivity index (χ1) is 20.1. The van der Waals surface area contributed by atoms with Gasteiger partial charge in [-0.15, -0.1) is 0 Å². The van der Waals surface area contributed by atoms with Gasteiger partial charge in [-0.25, -0.2) is 23.4 Å². The van der Waals surface area contributed by atoms with Gasteiger partial charge in [0.15, 0.2) is 5.75 Å². The van der Waals surface area contributed by atoms with E-state index in [9.17, 15) is 8.42 Å². The Morgan fingerprint density at radius 3 is 2.21 bits per heavy atom. The molecule has 2 saturated heterocycles. The van der Waals surface area contributed by atoms with E-state index in [1.807, 2.05) is 18.2 Å². The maximum atomic E-state index is 11.4. The van der Waals surface area contributed by atoms with Crippen LogP contribution in [0.2, 0.25) is 10.0 Å². The Morgan fingerprint density at radius 1 is 0.905 bits per heavy atom. The molecule has 226 valence electrons. The second-order valence-electron chi connectivity index (χ2n) is 11.4. The van der Waals surface area contributed by atoms with Gasteiger partial charge in [0, 0.05) is 60.7 Å². The molecule has 0 N–H and O–H groups in total. The molecule has 0 atom stereocenters. The van der Waals surface area contributed by atoms with Gasteiger partial charge in [0.2, 0.25) is 11.8 Å². The third kappa shape index (κ3) is 9.00. The van der Waals surface area contributed by atoms with Crippen molar-refractivity contribution in [1.29, 1.82) is 0 Å². The Labute approximate surface area is 258 Å². The average Bonchev–Trinajstić information content (AvgIpc) is 2.94. The van der Waals surface area contributed by atoms with Crippen molar-refractivity contribution in [2.45, 2.75) is 32.7 Å². The lowest BCUT2D eigenvalue weighted by atomic mass is 9.99. The average molecular weight is 634 g/mol. The number of sulfone groups is 1. The minimum absolute atomic E-state index is 0.224. The fourth-order valence-electron chi connectivity index (χ4n) is 5.40. The molecule has 4 heterocycles. The highest BCUT2D eigenvalue weighted by molar-refractivity contribution is 7.90. The Hall–Kier alpha value is -2.50. The largest absolute Gasteiger partial charge is 0.436 e. The van der Waals surface area contributed by atoms with Crippen LogP contribution >= 0.6 is 23.2 Å². The van der Waals surface area contributed by atoms with Gasteiger partial charge in [0.25, 0.3) is 0 Å². The molecule has 12 heteroatoms. The number of likely N-dealkylation sites (tertiary alicyclic amines) is 1. The van der Waals surface area contributed by atoms with Crippen molar-refractivity contribution in [2.75, 3.05) is 62.7 Å². The molecule has 3 aromatic rings. The van der Waals surface area contributed by atoms with E-state index in [2.05, 4.69) is 37.7 Å². The van der Waals surface area contributed by atoms with Crippen LogP contribution in [0.4, 0.5) is 5.95 Å². The first-order valence-electron chi connectivity index (χ1n) is 14.4. The summed E-state index contributed by atoms with van der Waals surface area (Å²) in [7, 11) is -2.92. The Balaban J connectivity index is 1.26. The number of benzene rings is 1. The number of piperazine rings is 1. The first-order valence-corrected chi connectivity index (χ1v) is 17.3. The van der Waals surface area contributed by atoms with Crippen LogP contribution in [0.5, 0.6) is 11.6 Å². The standard InChI is InChI=1S/C30H38Cl2N6O3S/c1-22-4-7-37(8-5-22)21-23-14-28(24-16-25(31)18-26(32)17-24)35-29(15-23)41-27-19-33-30(34-20-27)38-11-9-36(10-12-38)6-3-13-42(2,39)40/h14-20,22H,3-13,21H2,1-2H3. The molecule has 0 amide bonds. The number of hydrogen-bond donors (Lipinski definition) is 0. The number of hydrogen-bond acceptors (Lipinski definition) is 9. The van der Waals surface area contributed by atoms with Crippen molar-refractivity contribution >= 4 is 39.0 Å². The van der Waals surface area contributed by atoms with Crippen molar-refractivity contribution in [3.8, 4) is 22.9 Å². The van der Waals surface area contributed by atoms with Gasteiger partial charge in [-0.05, 0) is 74.6 Å². The van der Waals surface area contributed by atoms with E-state index in [0.29, 0.717) is 34.0 Å². The predicted octanol–water partition coefficient (Wildman–Crippen LogP) is 5.43. The van der Waals surface area contributed by atoms with Gasteiger partial charge in [0.1, 0.15) is 9.84 Å². The quantitative estimate of drug-likeness (QED) is 0.290. The molecular weight excluding hydrogens is 595 g/mol. The number of nitrogens with zero attached hydrogens (tertiary/aromatic N) is 6. The summed E-state index contributed by atoms with van der Waals surface area (Å²) in [4.78, 5) is 20.8. The van der Waals surface area contributed by atoms with Crippen molar-refractivity contribution in [1.82, 2.24) is 24.8 Å². The predicted molar refractivity (Wildman–Crippen MR) is 168 cm³/mol. The Bertz CT molecular complexity index is 1440. The third-order valence-corrected chi connectivity index (χ3v) is 9.25. The lowest BCUT2D eigenvalue weighted by Crippen LogP contribution is -2.47. The van der Waals surface area contributed by atoms with E-state index >= 15 is 0 Å². The number of aromatic nitrogens is 3. The summed E-state index contributed by atoms with van der Waals surface area (Å²) in [6.07, 6.45) is 7.70. The fourth-order valence-corrected chi connectivity index (χ4v) is 6.58. The minimum Gasteiger partial charge on any atom is -0.436 e. The maximum Gasteiger partial charge on any atom is 0.225 e. The number of rotatable bonds is 10. The number of ether oxygens (including phenoxy) is 1. The highest BCUT2D eigenvalue weighted by Crippen LogP contribution is 2.31. The van der Waals surface area contributed by atoms with Gasteiger partial charge in [-0.1, -0.05) is 30.1 Å². The molecule has 2 aliphatic rings. The smallest absolute Gasteiger partial charge is 0.225 e. The van der Waals surface area contributed by atoms with Crippen molar-refractivity contribution in [3.05, 3.63) is 58.3 Å². The summed E-state index contributed by atoms with van der Waals surface area (Å²) in [6, 6.07) is 9.48. The summed E-state index contributed by atoms with van der Waals surface area (Å²) >= 11 is 12.6. The van der Waals surface area contributed by atoms with E-state index < -0.39 is 9.84 Å². The van der Waals surface area contributed by atoms with Crippen molar-refractivity contribution in [3.63, 3.8) is 0 Å². The van der Waals surface area contributed by atoms with E-state index in [-0.39, 0.29) is 5.75 Å². The summed E-state index contributed by atoms with van der Waals surface area (Å²) in [5, 5.41) is 1.10. The molecule has 0 saturated carbocycles. The van der Waals surface area contributed by atoms with Crippen molar-refractivity contribution < 1.29 is 13.2 Å². The van der Waals surface area contributed by atoms with Crippen LogP contribution in [0.3, 0.4) is 0 Å². The molecule has 9 nitrogen and oxygen atoms in total. The summed E-state index contributed by atoms with van der Waals surface area (Å²) in [5.41, 5.74) is 2.67. The van der Waals surface area contributed by atoms with Crippen LogP contribution < -0.4 is 9.64 Å². The van der Waals surface area contributed by atoms with E-state index in [0.717, 1.165) is 75.1 Å². The number of anilines is 1. The molecule has 1 aromatic carbocycles. The van der Waals surface area contributed by atoms with Gasteiger partial charge >= 0.3 is 0 Å². The van der Waals surface area contributed by atoms with Crippen LogP contribution in [-0.2, 0) is 16.4 Å². The van der Waals surface area contributed by atoms with Gasteiger partial charge in [-0.3, -0.25) is 9.80 Å². The highest BCUT2D eigenvalue weighted by atomic mass is 35.5. The fraction of sp³-hybridized carbons (Fsp3) is 0.500. The summed E-state index contributed by atoms with van der Waals surface area (Å²) in [6.45, 7) is 9.29. The molecule has 0 bridgehead atoms. The molecule has 5 rings (SSSR count). The lowest BCUT2D eigenvalue weighted by molar-refractivity contribution is 0.185. The maximum absolute atomic E-state index is 11.4. The van der Waals surface area contributed by atoms with Crippen LogP contribution in [0.25, 0.3) is 11.3 Å². The zero-order valence-electron chi connectivity index (χ0n) is 24.2. The first kappa shape index (κ1) is 30.9. The molecule has 2 aromatic heterocycles. The van der Waals surface area contributed by atoms with Crippen LogP contribution in [0, 0.1) is 5.92 Å². The Kier molecular flexibility index (Phi) is 10.2. The van der Waals surface area contributed by atoms with Gasteiger partial charge in [-0.2, -0.15) is 0 Å². The Morgan fingerprint density at radius 2 is 1.57 bits per heavy atom. The molecule has 0 unspecified atom stereocenters. The number of pyridine rings is 1. The normalized spacial score (nSPS) is 17.5. The van der Waals surface area contributed by atoms with E-state index in [1.165, 1.54) is 19.1 Å². The molecular formula is C30H38Cl2N6O3S. The van der Waals surface area contributed by atoms with Crippen LogP contribution in [0.15, 0.2) is 42.7 Å². The highest BCUT2D eigenvalue weighted by Gasteiger charge is 2.20. The van der Waals surface area contributed by atoms with Crippen molar-refractivity contribution in [2.24, 2.45) is 5.92 Å². The molecule has 2 aliphatic heterocycles. The molecule has 0 spiro atoms. The molecule has 42 heavy (non-hydrogen) atoms. The van der Waals surface area contributed by atoms with Gasteiger partial charge < -0.3 is 9.64 Å². The van der Waals surface area contributed by atoms with Gasteiger partial charge in [0.05, 0.1) is 23.8 Å². The second kappa shape index (κ2) is 13.9. The monoisotopic (exact) mass is 632 g/mol. The second-order valence-corrected chi connectivity index (χ2v) is 14.6. The zero-order chi connectivity index (χ0) is 29.7.